The van der Waals surface area contributed by atoms with Gasteiger partial charge in [-0.05, 0) is 43.4 Å². The van der Waals surface area contributed by atoms with Crippen molar-refractivity contribution in [2.24, 2.45) is 28.5 Å². The summed E-state index contributed by atoms with van der Waals surface area (Å²) < 4.78 is 39.5. The van der Waals surface area contributed by atoms with Crippen LogP contribution in [0.1, 0.15) is 49.8 Å². The summed E-state index contributed by atoms with van der Waals surface area (Å²) in [6.45, 7) is 7.49. The average molecular weight is 543 g/mol. The second-order valence-electron chi connectivity index (χ2n) is 9.99. The Balaban J connectivity index is 2.06. The first-order valence-corrected chi connectivity index (χ1v) is 12.7. The number of amides is 3. The Bertz CT molecular complexity index is 1260. The number of hydrogen-bond acceptors (Lipinski definition) is 4. The first-order chi connectivity index (χ1) is 18.3. The Hall–Kier alpha value is -3.95. The van der Waals surface area contributed by atoms with Gasteiger partial charge < -0.3 is 16.0 Å². The van der Waals surface area contributed by atoms with Gasteiger partial charge in [-0.15, -0.1) is 6.58 Å². The second kappa shape index (κ2) is 12.3. The number of rotatable bonds is 10. The van der Waals surface area contributed by atoms with Crippen molar-refractivity contribution in [3.63, 3.8) is 0 Å². The number of benzodiazepines with no additional fused rings is 1. The van der Waals surface area contributed by atoms with Crippen LogP contribution in [0.5, 0.6) is 0 Å². The smallest absolute Gasteiger partial charge is 0.369 e. The molecule has 0 bridgehead atoms. The maximum Gasteiger partial charge on any atom is 0.416 e. The number of alkyl halides is 3. The van der Waals surface area contributed by atoms with Gasteiger partial charge in [0.25, 0.3) is 5.91 Å². The van der Waals surface area contributed by atoms with Crippen LogP contribution in [0, 0.1) is 17.8 Å². The highest BCUT2D eigenvalue weighted by atomic mass is 19.4. The van der Waals surface area contributed by atoms with Gasteiger partial charge in [0.2, 0.25) is 18.0 Å². The monoisotopic (exact) mass is 542 g/mol. The summed E-state index contributed by atoms with van der Waals surface area (Å²) in [6.07, 6.45) is -3.09. The normalized spacial score (nSPS) is 17.1. The summed E-state index contributed by atoms with van der Waals surface area (Å²) in [7, 11) is 1.54. The van der Waals surface area contributed by atoms with Gasteiger partial charge in [0.05, 0.1) is 17.0 Å². The van der Waals surface area contributed by atoms with Gasteiger partial charge >= 0.3 is 6.18 Å². The van der Waals surface area contributed by atoms with E-state index >= 15 is 0 Å². The van der Waals surface area contributed by atoms with Crippen molar-refractivity contribution in [1.82, 2.24) is 5.32 Å². The molecule has 2 aromatic carbocycles. The molecular weight excluding hydrogens is 509 g/mol. The number of anilines is 1. The van der Waals surface area contributed by atoms with Crippen LogP contribution < -0.4 is 16.0 Å². The van der Waals surface area contributed by atoms with Gasteiger partial charge in [-0.3, -0.25) is 14.4 Å². The molecule has 0 fully saturated rings. The number of nitrogens with one attached hydrogen (secondary N) is 1. The van der Waals surface area contributed by atoms with Gasteiger partial charge in [-0.2, -0.15) is 13.2 Å². The van der Waals surface area contributed by atoms with Crippen LogP contribution in [-0.2, 0) is 20.6 Å². The minimum Gasteiger partial charge on any atom is -0.369 e. The van der Waals surface area contributed by atoms with Crippen molar-refractivity contribution >= 4 is 29.1 Å². The van der Waals surface area contributed by atoms with E-state index < -0.39 is 47.5 Å². The number of carbonyl (C=O) groups excluding carboxylic acids is 3. The van der Waals surface area contributed by atoms with Crippen molar-refractivity contribution in [3.8, 4) is 0 Å². The van der Waals surface area contributed by atoms with Crippen molar-refractivity contribution in [3.05, 3.63) is 77.9 Å². The van der Waals surface area contributed by atoms with Crippen molar-refractivity contribution in [1.29, 1.82) is 0 Å². The lowest BCUT2D eigenvalue weighted by molar-refractivity contribution is -0.137. The number of carbonyl (C=O) groups is 3. The number of nitrogens with two attached hydrogens (primary N) is 1. The number of fused-ring (bicyclic) bond motifs is 1. The highest BCUT2D eigenvalue weighted by molar-refractivity contribution is 6.20. The summed E-state index contributed by atoms with van der Waals surface area (Å²) in [5.41, 5.74) is 6.44. The van der Waals surface area contributed by atoms with Crippen LogP contribution in [-0.4, -0.2) is 36.6 Å². The van der Waals surface area contributed by atoms with E-state index in [4.69, 9.17) is 5.73 Å². The van der Waals surface area contributed by atoms with Gasteiger partial charge in [0.1, 0.15) is 0 Å². The first kappa shape index (κ1) is 29.6. The Labute approximate surface area is 226 Å². The molecular formula is C29H33F3N4O3. The maximum absolute atomic E-state index is 13.6. The highest BCUT2D eigenvalue weighted by Crippen LogP contribution is 2.32. The quantitative estimate of drug-likeness (QED) is 0.426. The summed E-state index contributed by atoms with van der Waals surface area (Å²) in [5, 5.41) is 2.70. The van der Waals surface area contributed by atoms with Crippen LogP contribution >= 0.6 is 0 Å². The minimum absolute atomic E-state index is 0.0503. The fourth-order valence-corrected chi connectivity index (χ4v) is 4.71. The third-order valence-corrected chi connectivity index (χ3v) is 6.70. The molecule has 1 heterocycles. The zero-order valence-electron chi connectivity index (χ0n) is 22.2. The molecule has 3 N–H and O–H groups in total. The molecule has 0 aliphatic carbocycles. The van der Waals surface area contributed by atoms with E-state index in [1.165, 1.54) is 24.1 Å². The van der Waals surface area contributed by atoms with Crippen molar-refractivity contribution in [2.75, 3.05) is 11.9 Å². The third-order valence-electron chi connectivity index (χ3n) is 6.70. The van der Waals surface area contributed by atoms with E-state index in [0.717, 1.165) is 12.1 Å². The van der Waals surface area contributed by atoms with E-state index in [0.29, 0.717) is 36.1 Å². The Morgan fingerprint density at radius 3 is 2.33 bits per heavy atom. The number of nitrogens with zero attached hydrogens (tertiary/aromatic N) is 2. The van der Waals surface area contributed by atoms with Crippen LogP contribution in [0.15, 0.2) is 66.2 Å². The summed E-state index contributed by atoms with van der Waals surface area (Å²) in [4.78, 5) is 45.3. The fraction of sp³-hybridized carbons (Fsp3) is 0.379. The molecule has 2 aromatic rings. The summed E-state index contributed by atoms with van der Waals surface area (Å²) in [5.74, 6) is -3.25. The summed E-state index contributed by atoms with van der Waals surface area (Å²) >= 11 is 0. The van der Waals surface area contributed by atoms with Crippen LogP contribution in [0.2, 0.25) is 0 Å². The zero-order chi connectivity index (χ0) is 28.9. The van der Waals surface area contributed by atoms with Gasteiger partial charge in [0.15, 0.2) is 0 Å². The molecule has 0 radical (unpaired) electrons. The van der Waals surface area contributed by atoms with E-state index in [1.54, 1.807) is 30.3 Å². The molecule has 0 saturated heterocycles. The third kappa shape index (κ3) is 6.93. The summed E-state index contributed by atoms with van der Waals surface area (Å²) in [6, 6.07) is 11.3. The Kier molecular flexibility index (Phi) is 9.32. The van der Waals surface area contributed by atoms with Crippen LogP contribution in [0.3, 0.4) is 0 Å². The average Bonchev–Trinajstić information content (AvgIpc) is 2.98. The number of likely N-dealkylation sites (N-methyl/N-ethyl adjacent to an activating group) is 1. The molecule has 3 amide bonds. The lowest BCUT2D eigenvalue weighted by Gasteiger charge is -2.27. The maximum atomic E-state index is 13.6. The predicted molar refractivity (Wildman–Crippen MR) is 144 cm³/mol. The Morgan fingerprint density at radius 1 is 1.13 bits per heavy atom. The number of para-hydroxylation sites is 1. The fourth-order valence-electron chi connectivity index (χ4n) is 4.71. The van der Waals surface area contributed by atoms with Crippen LogP contribution in [0.4, 0.5) is 18.9 Å². The van der Waals surface area contributed by atoms with E-state index in [-0.39, 0.29) is 11.6 Å². The van der Waals surface area contributed by atoms with Crippen molar-refractivity contribution in [2.45, 2.75) is 45.5 Å². The molecule has 10 heteroatoms. The lowest BCUT2D eigenvalue weighted by Crippen LogP contribution is -2.50. The minimum atomic E-state index is -4.51. The first-order valence-electron chi connectivity index (χ1n) is 12.7. The molecule has 1 aliphatic heterocycles. The number of allylic oxidation sites excluding steroid dienone is 1. The molecule has 39 heavy (non-hydrogen) atoms. The molecule has 0 saturated carbocycles. The topological polar surface area (TPSA) is 105 Å². The number of halogens is 3. The second-order valence-corrected chi connectivity index (χ2v) is 9.99. The van der Waals surface area contributed by atoms with E-state index in [1.807, 2.05) is 13.8 Å². The number of primary amides is 1. The Morgan fingerprint density at radius 2 is 1.77 bits per heavy atom. The van der Waals surface area contributed by atoms with Gasteiger partial charge in [-0.1, -0.05) is 50.3 Å². The van der Waals surface area contributed by atoms with E-state index in [9.17, 15) is 27.6 Å². The number of benzene rings is 2. The standard InChI is InChI=1S/C29H33F3N4O3/c1-5-6-9-20(25(33)37)22(16-17(2)3)27(38)35-26-28(39)36(4)23-11-8-7-10-21(23)24(34-26)18-12-14-19(15-13-18)29(30,31)32/h5,7-8,10-15,17,20,22,26H,1,6,9,16H2,2-4H3,(H2,33,37)(H,35,38)/t20?,22?,26-/m0/s1. The zero-order valence-corrected chi connectivity index (χ0v) is 22.2. The lowest BCUT2D eigenvalue weighted by atomic mass is 9.81. The number of hydrogen-bond donors (Lipinski definition) is 2. The molecule has 3 atom stereocenters. The SMILES string of the molecule is C=CCCC(C(N)=O)C(CC(C)C)C(=O)N[C@@H]1N=C(c2ccc(C(F)(F)F)cc2)c2ccccc2N(C)C1=O. The highest BCUT2D eigenvalue weighted by Gasteiger charge is 2.37. The molecule has 3 rings (SSSR count). The molecule has 208 valence electrons. The molecule has 1 aliphatic rings. The van der Waals surface area contributed by atoms with Crippen LogP contribution in [0.25, 0.3) is 0 Å². The molecule has 0 aromatic heterocycles. The van der Waals surface area contributed by atoms with Crippen molar-refractivity contribution < 1.29 is 27.6 Å². The molecule has 2 unspecified atom stereocenters. The van der Waals surface area contributed by atoms with Gasteiger partial charge in [-0.25, -0.2) is 4.99 Å². The van der Waals surface area contributed by atoms with E-state index in [2.05, 4.69) is 16.9 Å². The largest absolute Gasteiger partial charge is 0.416 e. The molecule has 0 spiro atoms. The predicted octanol–water partition coefficient (Wildman–Crippen LogP) is 4.69. The molecule has 7 nitrogen and oxygen atoms in total. The van der Waals surface area contributed by atoms with Gasteiger partial charge in [0, 0.05) is 30.0 Å². The number of aliphatic imine (C=N–C) groups is 1.